The molecule has 0 radical (unpaired) electrons. The van der Waals surface area contributed by atoms with Gasteiger partial charge in [-0.2, -0.15) is 0 Å². The van der Waals surface area contributed by atoms with Gasteiger partial charge in [-0.15, -0.1) is 11.3 Å². The van der Waals surface area contributed by atoms with Gasteiger partial charge in [0.05, 0.1) is 23.6 Å². The first-order valence-corrected chi connectivity index (χ1v) is 6.45. The number of nitrogens with one attached hydrogen (secondary N) is 1. The van der Waals surface area contributed by atoms with E-state index in [4.69, 9.17) is 9.47 Å². The predicted molar refractivity (Wildman–Crippen MR) is 66.4 cm³/mol. The van der Waals surface area contributed by atoms with Gasteiger partial charge in [0.2, 0.25) is 0 Å². The molecule has 1 aromatic heterocycles. The quantitative estimate of drug-likeness (QED) is 0.746. The highest BCUT2D eigenvalue weighted by Crippen LogP contribution is 2.21. The van der Waals surface area contributed by atoms with Gasteiger partial charge in [0.15, 0.2) is 0 Å². The SMILES string of the molecule is COCCOCCNCc1ccc(Br)s1. The van der Waals surface area contributed by atoms with Crippen molar-refractivity contribution in [2.24, 2.45) is 0 Å². The van der Waals surface area contributed by atoms with Crippen molar-refractivity contribution in [1.82, 2.24) is 5.32 Å². The van der Waals surface area contributed by atoms with Crippen LogP contribution in [0.3, 0.4) is 0 Å². The summed E-state index contributed by atoms with van der Waals surface area (Å²) in [4.78, 5) is 1.33. The van der Waals surface area contributed by atoms with Crippen molar-refractivity contribution in [3.05, 3.63) is 20.8 Å². The standard InChI is InChI=1S/C10H16BrNO2S/c1-13-6-7-14-5-4-12-8-9-2-3-10(11)15-9/h2-3,12H,4-8H2,1H3. The Balaban J connectivity index is 1.93. The minimum absolute atomic E-state index is 0.665. The normalized spacial score (nSPS) is 10.8. The lowest BCUT2D eigenvalue weighted by molar-refractivity contribution is 0.0719. The fourth-order valence-corrected chi connectivity index (χ4v) is 2.50. The third-order valence-electron chi connectivity index (χ3n) is 1.78. The van der Waals surface area contributed by atoms with Gasteiger partial charge in [0.1, 0.15) is 0 Å². The molecule has 5 heteroatoms. The van der Waals surface area contributed by atoms with Gasteiger partial charge in [0, 0.05) is 25.1 Å². The van der Waals surface area contributed by atoms with Gasteiger partial charge in [0.25, 0.3) is 0 Å². The summed E-state index contributed by atoms with van der Waals surface area (Å²) in [6, 6.07) is 4.18. The Hall–Kier alpha value is 0.0600. The number of hydrogen-bond acceptors (Lipinski definition) is 4. The zero-order valence-electron chi connectivity index (χ0n) is 8.79. The maximum absolute atomic E-state index is 5.32. The molecule has 3 nitrogen and oxygen atoms in total. The molecule has 0 saturated heterocycles. The number of ether oxygens (including phenoxy) is 2. The van der Waals surface area contributed by atoms with Crippen molar-refractivity contribution in [2.75, 3.05) is 33.5 Å². The van der Waals surface area contributed by atoms with Gasteiger partial charge in [-0.25, -0.2) is 0 Å². The molecule has 0 spiro atoms. The maximum atomic E-state index is 5.32. The van der Waals surface area contributed by atoms with E-state index in [2.05, 4.69) is 33.4 Å². The van der Waals surface area contributed by atoms with E-state index in [0.717, 1.165) is 19.7 Å². The van der Waals surface area contributed by atoms with Gasteiger partial charge in [-0.05, 0) is 28.1 Å². The molecule has 1 N–H and O–H groups in total. The molecule has 1 rings (SSSR count). The highest BCUT2D eigenvalue weighted by molar-refractivity contribution is 9.11. The first-order valence-electron chi connectivity index (χ1n) is 4.84. The van der Waals surface area contributed by atoms with E-state index in [9.17, 15) is 0 Å². The van der Waals surface area contributed by atoms with Crippen molar-refractivity contribution in [1.29, 1.82) is 0 Å². The van der Waals surface area contributed by atoms with Gasteiger partial charge in [-0.3, -0.25) is 0 Å². The van der Waals surface area contributed by atoms with E-state index in [1.165, 1.54) is 8.66 Å². The van der Waals surface area contributed by atoms with Gasteiger partial charge >= 0.3 is 0 Å². The van der Waals surface area contributed by atoms with Crippen LogP contribution in [0.4, 0.5) is 0 Å². The summed E-state index contributed by atoms with van der Waals surface area (Å²) in [7, 11) is 1.68. The van der Waals surface area contributed by atoms with E-state index < -0.39 is 0 Å². The van der Waals surface area contributed by atoms with Crippen LogP contribution in [0.25, 0.3) is 0 Å². The van der Waals surface area contributed by atoms with Crippen LogP contribution in [-0.4, -0.2) is 33.5 Å². The summed E-state index contributed by atoms with van der Waals surface area (Å²) in [5.41, 5.74) is 0. The largest absolute Gasteiger partial charge is 0.382 e. The molecule has 0 aromatic carbocycles. The molecule has 0 saturated carbocycles. The second kappa shape index (κ2) is 8.24. The monoisotopic (exact) mass is 293 g/mol. The maximum Gasteiger partial charge on any atom is 0.0701 e. The van der Waals surface area contributed by atoms with Crippen LogP contribution in [0.5, 0.6) is 0 Å². The average molecular weight is 294 g/mol. The Morgan fingerprint density at radius 3 is 2.87 bits per heavy atom. The fourth-order valence-electron chi connectivity index (χ4n) is 1.05. The topological polar surface area (TPSA) is 30.5 Å². The van der Waals surface area contributed by atoms with E-state index in [1.807, 2.05) is 0 Å². The summed E-state index contributed by atoms with van der Waals surface area (Å²) < 4.78 is 11.4. The van der Waals surface area contributed by atoms with Crippen LogP contribution in [0.15, 0.2) is 15.9 Å². The third-order valence-corrected chi connectivity index (χ3v) is 3.41. The Kier molecular flexibility index (Phi) is 7.21. The molecular formula is C10H16BrNO2S. The number of thiophene rings is 1. The molecule has 0 aliphatic heterocycles. The Morgan fingerprint density at radius 1 is 1.33 bits per heavy atom. The number of methoxy groups -OCH3 is 1. The molecule has 1 heterocycles. The second-order valence-corrected chi connectivity index (χ2v) is 5.54. The average Bonchev–Trinajstić information content (AvgIpc) is 2.63. The molecule has 0 aliphatic carbocycles. The molecule has 86 valence electrons. The van der Waals surface area contributed by atoms with Crippen molar-refractivity contribution >= 4 is 27.3 Å². The molecule has 1 aromatic rings. The second-order valence-electron chi connectivity index (χ2n) is 2.99. The smallest absolute Gasteiger partial charge is 0.0701 e. The molecule has 0 atom stereocenters. The predicted octanol–water partition coefficient (Wildman–Crippen LogP) is 2.26. The van der Waals surface area contributed by atoms with Crippen LogP contribution in [0, 0.1) is 0 Å². The molecular weight excluding hydrogens is 278 g/mol. The molecule has 0 unspecified atom stereocenters. The minimum atomic E-state index is 0.665. The molecule has 0 amide bonds. The lowest BCUT2D eigenvalue weighted by atomic mass is 10.4. The van der Waals surface area contributed by atoms with Gasteiger partial charge in [-0.1, -0.05) is 0 Å². The van der Waals surface area contributed by atoms with E-state index in [-0.39, 0.29) is 0 Å². The van der Waals surface area contributed by atoms with E-state index >= 15 is 0 Å². The van der Waals surface area contributed by atoms with E-state index in [1.54, 1.807) is 18.4 Å². The fraction of sp³-hybridized carbons (Fsp3) is 0.600. The molecule has 15 heavy (non-hydrogen) atoms. The summed E-state index contributed by atoms with van der Waals surface area (Å²) in [5, 5.41) is 3.32. The number of rotatable bonds is 8. The summed E-state index contributed by atoms with van der Waals surface area (Å²) in [5.74, 6) is 0. The van der Waals surface area contributed by atoms with Crippen LogP contribution in [0.2, 0.25) is 0 Å². The van der Waals surface area contributed by atoms with Crippen molar-refractivity contribution in [3.8, 4) is 0 Å². The van der Waals surface area contributed by atoms with Gasteiger partial charge < -0.3 is 14.8 Å². The minimum Gasteiger partial charge on any atom is -0.382 e. The number of halogens is 1. The molecule has 0 fully saturated rings. The van der Waals surface area contributed by atoms with Crippen molar-refractivity contribution < 1.29 is 9.47 Å². The van der Waals surface area contributed by atoms with Crippen molar-refractivity contribution in [2.45, 2.75) is 6.54 Å². The van der Waals surface area contributed by atoms with Crippen LogP contribution < -0.4 is 5.32 Å². The van der Waals surface area contributed by atoms with Crippen LogP contribution in [0.1, 0.15) is 4.88 Å². The summed E-state index contributed by atoms with van der Waals surface area (Å²) in [6.07, 6.45) is 0. The highest BCUT2D eigenvalue weighted by Gasteiger charge is 1.96. The van der Waals surface area contributed by atoms with Crippen molar-refractivity contribution in [3.63, 3.8) is 0 Å². The zero-order chi connectivity index (χ0) is 10.9. The Morgan fingerprint density at radius 2 is 2.20 bits per heavy atom. The molecule has 0 bridgehead atoms. The third kappa shape index (κ3) is 6.27. The Labute approximate surface area is 103 Å². The Bertz CT molecular complexity index is 268. The van der Waals surface area contributed by atoms with Crippen LogP contribution in [-0.2, 0) is 16.0 Å². The van der Waals surface area contributed by atoms with E-state index in [0.29, 0.717) is 13.2 Å². The molecule has 0 aliphatic rings. The first kappa shape index (κ1) is 13.1. The highest BCUT2D eigenvalue weighted by atomic mass is 79.9. The summed E-state index contributed by atoms with van der Waals surface area (Å²) >= 11 is 5.19. The van der Waals surface area contributed by atoms with Crippen LogP contribution >= 0.6 is 27.3 Å². The summed E-state index contributed by atoms with van der Waals surface area (Å²) in [6.45, 7) is 3.85. The number of hydrogen-bond donors (Lipinski definition) is 1. The lowest BCUT2D eigenvalue weighted by Gasteiger charge is -2.04. The lowest BCUT2D eigenvalue weighted by Crippen LogP contribution is -2.19. The zero-order valence-corrected chi connectivity index (χ0v) is 11.2. The first-order chi connectivity index (χ1) is 7.33.